The van der Waals surface area contributed by atoms with Crippen LogP contribution in [-0.2, 0) is 4.79 Å². The number of hydrogen-bond donors (Lipinski definition) is 2. The largest absolute Gasteiger partial charge is 0.481 e. The molecule has 3 nitrogen and oxygen atoms in total. The number of halogens is 3. The fourth-order valence-corrected chi connectivity index (χ4v) is 3.28. The van der Waals surface area contributed by atoms with E-state index < -0.39 is 35.5 Å². The second-order valence-corrected chi connectivity index (χ2v) is 6.27. The molecule has 0 aromatic heterocycles. The molecule has 4 unspecified atom stereocenters. The lowest BCUT2D eigenvalue weighted by Gasteiger charge is -2.23. The summed E-state index contributed by atoms with van der Waals surface area (Å²) in [6.45, 7) is 1.89. The van der Waals surface area contributed by atoms with Crippen molar-refractivity contribution >= 4 is 21.9 Å². The number of aliphatic hydroxyl groups is 1. The van der Waals surface area contributed by atoms with Crippen LogP contribution in [0.5, 0.6) is 0 Å². The van der Waals surface area contributed by atoms with Gasteiger partial charge in [-0.05, 0) is 46.8 Å². The van der Waals surface area contributed by atoms with Crippen LogP contribution < -0.4 is 0 Å². The number of aliphatic hydroxyl groups excluding tert-OH is 1. The van der Waals surface area contributed by atoms with E-state index in [1.54, 1.807) is 0 Å². The molecule has 0 heterocycles. The summed E-state index contributed by atoms with van der Waals surface area (Å²) in [5.74, 6) is -3.62. The molecule has 1 aliphatic rings. The molecule has 1 fully saturated rings. The molecule has 1 aliphatic carbocycles. The molecule has 0 aliphatic heterocycles. The van der Waals surface area contributed by atoms with E-state index in [1.165, 1.54) is 0 Å². The minimum Gasteiger partial charge on any atom is -0.481 e. The summed E-state index contributed by atoms with van der Waals surface area (Å²) in [4.78, 5) is 11.2. The molecule has 0 spiro atoms. The summed E-state index contributed by atoms with van der Waals surface area (Å²) >= 11 is 2.87. The van der Waals surface area contributed by atoms with Crippen molar-refractivity contribution in [1.82, 2.24) is 0 Å². The van der Waals surface area contributed by atoms with E-state index >= 15 is 0 Å². The van der Waals surface area contributed by atoms with Crippen molar-refractivity contribution in [3.05, 3.63) is 33.8 Å². The average Bonchev–Trinajstić information content (AvgIpc) is 2.75. The Morgan fingerprint density at radius 1 is 1.35 bits per heavy atom. The normalized spacial score (nSPS) is 27.6. The summed E-state index contributed by atoms with van der Waals surface area (Å²) in [5, 5.41) is 19.4. The fourth-order valence-electron chi connectivity index (χ4n) is 2.96. The molecular weight excluding hydrogens is 334 g/mol. The maximum atomic E-state index is 13.9. The van der Waals surface area contributed by atoms with Crippen LogP contribution in [0.2, 0.25) is 0 Å². The molecule has 2 N–H and O–H groups in total. The highest BCUT2D eigenvalue weighted by atomic mass is 79.9. The lowest BCUT2D eigenvalue weighted by Crippen LogP contribution is -2.24. The number of hydrogen-bond acceptors (Lipinski definition) is 2. The van der Waals surface area contributed by atoms with Gasteiger partial charge in [0.2, 0.25) is 0 Å². The molecule has 1 aromatic rings. The highest BCUT2D eigenvalue weighted by Gasteiger charge is 2.42. The third-order valence-electron chi connectivity index (χ3n) is 3.93. The van der Waals surface area contributed by atoms with Gasteiger partial charge in [-0.2, -0.15) is 0 Å². The third kappa shape index (κ3) is 2.86. The van der Waals surface area contributed by atoms with E-state index in [0.717, 1.165) is 12.1 Å². The van der Waals surface area contributed by atoms with E-state index in [9.17, 15) is 23.8 Å². The number of carboxylic acid groups (broad SMARTS) is 1. The maximum Gasteiger partial charge on any atom is 0.306 e. The summed E-state index contributed by atoms with van der Waals surface area (Å²) in [7, 11) is 0. The maximum absolute atomic E-state index is 13.9. The zero-order valence-corrected chi connectivity index (χ0v) is 12.4. The second-order valence-electron chi connectivity index (χ2n) is 5.42. The summed E-state index contributed by atoms with van der Waals surface area (Å²) in [6, 6.07) is 1.87. The Morgan fingerprint density at radius 2 is 2.00 bits per heavy atom. The molecule has 110 valence electrons. The van der Waals surface area contributed by atoms with Gasteiger partial charge in [0.25, 0.3) is 0 Å². The topological polar surface area (TPSA) is 57.5 Å². The first-order valence-corrected chi connectivity index (χ1v) is 7.15. The van der Waals surface area contributed by atoms with Crippen molar-refractivity contribution in [2.45, 2.75) is 25.9 Å². The number of carbonyl (C=O) groups is 1. The summed E-state index contributed by atoms with van der Waals surface area (Å²) in [6.07, 6.45) is -0.393. The molecule has 1 saturated carbocycles. The zero-order valence-electron chi connectivity index (χ0n) is 10.8. The molecular formula is C14H15BrF2O3. The van der Waals surface area contributed by atoms with E-state index in [4.69, 9.17) is 0 Å². The third-order valence-corrected chi connectivity index (χ3v) is 4.54. The van der Waals surface area contributed by atoms with Crippen LogP contribution >= 0.6 is 15.9 Å². The minimum atomic E-state index is -1.32. The highest BCUT2D eigenvalue weighted by molar-refractivity contribution is 9.10. The molecule has 4 atom stereocenters. The summed E-state index contributed by atoms with van der Waals surface area (Å²) < 4.78 is 27.3. The molecule has 1 aromatic carbocycles. The molecule has 6 heteroatoms. The SMILES string of the molecule is CC1CC(C(=O)O)C(C(O)c2cc(F)c(Br)cc2F)C1. The Bertz CT molecular complexity index is 535. The second kappa shape index (κ2) is 5.77. The highest BCUT2D eigenvalue weighted by Crippen LogP contribution is 2.44. The Labute approximate surface area is 123 Å². The smallest absolute Gasteiger partial charge is 0.306 e. The van der Waals surface area contributed by atoms with E-state index in [2.05, 4.69) is 15.9 Å². The Balaban J connectivity index is 2.33. The first-order valence-electron chi connectivity index (χ1n) is 6.36. The van der Waals surface area contributed by atoms with E-state index in [1.807, 2.05) is 6.92 Å². The van der Waals surface area contributed by atoms with Crippen LogP contribution in [0.15, 0.2) is 16.6 Å². The lowest BCUT2D eigenvalue weighted by atomic mass is 9.86. The van der Waals surface area contributed by atoms with Crippen molar-refractivity contribution < 1.29 is 23.8 Å². The van der Waals surface area contributed by atoms with Gasteiger partial charge in [0.15, 0.2) is 0 Å². The van der Waals surface area contributed by atoms with Crippen LogP contribution in [0, 0.1) is 29.4 Å². The van der Waals surface area contributed by atoms with Crippen LogP contribution in [0.25, 0.3) is 0 Å². The molecule has 0 radical (unpaired) electrons. The van der Waals surface area contributed by atoms with Crippen LogP contribution in [-0.4, -0.2) is 16.2 Å². The Kier molecular flexibility index (Phi) is 4.44. The molecule has 0 amide bonds. The standard InChI is InChI=1S/C14H15BrF2O3/c1-6-2-7(8(3-6)14(19)20)13(18)9-4-12(17)10(15)5-11(9)16/h4-8,13,18H,2-3H2,1H3,(H,19,20). The summed E-state index contributed by atoms with van der Waals surface area (Å²) in [5.41, 5.74) is -0.184. The number of aliphatic carboxylic acids is 1. The predicted molar refractivity (Wildman–Crippen MR) is 72.0 cm³/mol. The van der Waals surface area contributed by atoms with Gasteiger partial charge < -0.3 is 10.2 Å². The van der Waals surface area contributed by atoms with Crippen LogP contribution in [0.3, 0.4) is 0 Å². The van der Waals surface area contributed by atoms with Crippen LogP contribution in [0.1, 0.15) is 31.4 Å². The van der Waals surface area contributed by atoms with Gasteiger partial charge in [-0.3, -0.25) is 4.79 Å². The number of benzene rings is 1. The lowest BCUT2D eigenvalue weighted by molar-refractivity contribution is -0.144. The number of carboxylic acids is 1. The first-order chi connectivity index (χ1) is 9.31. The van der Waals surface area contributed by atoms with E-state index in [-0.39, 0.29) is 16.0 Å². The van der Waals surface area contributed by atoms with Crippen molar-refractivity contribution in [3.63, 3.8) is 0 Å². The Hall–Kier alpha value is -1.01. The van der Waals surface area contributed by atoms with Crippen molar-refractivity contribution in [2.24, 2.45) is 17.8 Å². The van der Waals surface area contributed by atoms with Gasteiger partial charge in [0, 0.05) is 11.5 Å². The van der Waals surface area contributed by atoms with Crippen molar-refractivity contribution in [3.8, 4) is 0 Å². The first kappa shape index (κ1) is 15.4. The van der Waals surface area contributed by atoms with E-state index in [0.29, 0.717) is 12.8 Å². The predicted octanol–water partition coefficient (Wildman–Crippen LogP) is 3.51. The molecule has 0 bridgehead atoms. The molecule has 0 saturated heterocycles. The average molecular weight is 349 g/mol. The fraction of sp³-hybridized carbons (Fsp3) is 0.500. The van der Waals surface area contributed by atoms with Gasteiger partial charge >= 0.3 is 5.97 Å². The quantitative estimate of drug-likeness (QED) is 0.821. The molecule has 2 rings (SSSR count). The van der Waals surface area contributed by atoms with Crippen molar-refractivity contribution in [2.75, 3.05) is 0 Å². The van der Waals surface area contributed by atoms with Gasteiger partial charge in [-0.1, -0.05) is 6.92 Å². The zero-order chi connectivity index (χ0) is 15.0. The van der Waals surface area contributed by atoms with Gasteiger partial charge in [0.1, 0.15) is 11.6 Å². The monoisotopic (exact) mass is 348 g/mol. The Morgan fingerprint density at radius 3 is 2.60 bits per heavy atom. The van der Waals surface area contributed by atoms with Gasteiger partial charge in [-0.25, -0.2) is 8.78 Å². The van der Waals surface area contributed by atoms with Crippen LogP contribution in [0.4, 0.5) is 8.78 Å². The molecule has 20 heavy (non-hydrogen) atoms. The van der Waals surface area contributed by atoms with Gasteiger partial charge in [-0.15, -0.1) is 0 Å². The van der Waals surface area contributed by atoms with Crippen molar-refractivity contribution in [1.29, 1.82) is 0 Å². The minimum absolute atomic E-state index is 0.0273. The number of rotatable bonds is 3. The van der Waals surface area contributed by atoms with Gasteiger partial charge in [0.05, 0.1) is 16.5 Å².